The average Bonchev–Trinajstić information content (AvgIpc) is 2.38. The van der Waals surface area contributed by atoms with Crippen molar-refractivity contribution in [3.8, 4) is 0 Å². The third-order valence-corrected chi connectivity index (χ3v) is 4.27. The van der Waals surface area contributed by atoms with E-state index >= 15 is 0 Å². The van der Waals surface area contributed by atoms with Gasteiger partial charge in [-0.25, -0.2) is 0 Å². The molecule has 0 spiro atoms. The Balaban J connectivity index is 1.94. The second kappa shape index (κ2) is 6.28. The summed E-state index contributed by atoms with van der Waals surface area (Å²) in [6.45, 7) is 7.43. The van der Waals surface area contributed by atoms with Gasteiger partial charge in [-0.15, -0.1) is 0 Å². The molecule has 3 heteroatoms. The van der Waals surface area contributed by atoms with E-state index in [-0.39, 0.29) is 0 Å². The van der Waals surface area contributed by atoms with Gasteiger partial charge in [-0.1, -0.05) is 55.4 Å². The van der Waals surface area contributed by atoms with Gasteiger partial charge < -0.3 is 5.32 Å². The van der Waals surface area contributed by atoms with Gasteiger partial charge in [0.25, 0.3) is 0 Å². The van der Waals surface area contributed by atoms with Crippen LogP contribution in [0, 0.1) is 12.8 Å². The highest BCUT2D eigenvalue weighted by atomic mass is 32.2. The molecular formula is C15H22N2S. The number of thioether (sulfide) groups is 1. The van der Waals surface area contributed by atoms with Crippen LogP contribution in [-0.4, -0.2) is 17.0 Å². The second-order valence-corrected chi connectivity index (χ2v) is 6.32. The van der Waals surface area contributed by atoms with Crippen LogP contribution in [0.25, 0.3) is 0 Å². The van der Waals surface area contributed by atoms with E-state index in [1.165, 1.54) is 23.3 Å². The summed E-state index contributed by atoms with van der Waals surface area (Å²) in [6, 6.07) is 9.20. The van der Waals surface area contributed by atoms with Crippen LogP contribution in [0.2, 0.25) is 0 Å². The topological polar surface area (TPSA) is 24.4 Å². The molecule has 1 aliphatic heterocycles. The Labute approximate surface area is 114 Å². The SMILES string of the molecule is Cc1ccc(CN=C2NC(C(C)C)CCS2)cc1. The van der Waals surface area contributed by atoms with Crippen molar-refractivity contribution in [3.63, 3.8) is 0 Å². The molecule has 0 radical (unpaired) electrons. The van der Waals surface area contributed by atoms with E-state index in [1.807, 2.05) is 11.8 Å². The van der Waals surface area contributed by atoms with Gasteiger partial charge in [-0.05, 0) is 24.8 Å². The molecule has 1 unspecified atom stereocenters. The lowest BCUT2D eigenvalue weighted by molar-refractivity contribution is 0.442. The number of nitrogens with zero attached hydrogens (tertiary/aromatic N) is 1. The largest absolute Gasteiger partial charge is 0.362 e. The molecule has 0 amide bonds. The third-order valence-electron chi connectivity index (χ3n) is 3.31. The maximum absolute atomic E-state index is 4.68. The maximum atomic E-state index is 4.68. The summed E-state index contributed by atoms with van der Waals surface area (Å²) >= 11 is 1.85. The highest BCUT2D eigenvalue weighted by molar-refractivity contribution is 8.13. The summed E-state index contributed by atoms with van der Waals surface area (Å²) in [5.74, 6) is 1.86. The Hall–Kier alpha value is -0.960. The lowest BCUT2D eigenvalue weighted by Gasteiger charge is -2.28. The lowest BCUT2D eigenvalue weighted by Crippen LogP contribution is -2.41. The zero-order chi connectivity index (χ0) is 13.0. The van der Waals surface area contributed by atoms with Gasteiger partial charge in [0.15, 0.2) is 5.17 Å². The molecule has 0 aromatic heterocycles. The highest BCUT2D eigenvalue weighted by Gasteiger charge is 2.19. The van der Waals surface area contributed by atoms with E-state index in [4.69, 9.17) is 0 Å². The smallest absolute Gasteiger partial charge is 0.157 e. The van der Waals surface area contributed by atoms with Crippen LogP contribution in [0.1, 0.15) is 31.4 Å². The molecule has 18 heavy (non-hydrogen) atoms. The molecular weight excluding hydrogens is 240 g/mol. The first-order chi connectivity index (χ1) is 8.65. The van der Waals surface area contributed by atoms with Gasteiger partial charge in [-0.2, -0.15) is 0 Å². The fraction of sp³-hybridized carbons (Fsp3) is 0.533. The molecule has 1 N–H and O–H groups in total. The van der Waals surface area contributed by atoms with E-state index in [0.717, 1.165) is 11.7 Å². The predicted molar refractivity (Wildman–Crippen MR) is 81.2 cm³/mol. The molecule has 1 heterocycles. The Morgan fingerprint density at radius 1 is 1.33 bits per heavy atom. The van der Waals surface area contributed by atoms with Crippen molar-refractivity contribution in [2.24, 2.45) is 10.9 Å². The van der Waals surface area contributed by atoms with Crippen molar-refractivity contribution in [1.29, 1.82) is 0 Å². The first-order valence-electron chi connectivity index (χ1n) is 6.64. The molecule has 0 bridgehead atoms. The van der Waals surface area contributed by atoms with Crippen LogP contribution in [0.15, 0.2) is 29.3 Å². The molecule has 1 aromatic rings. The molecule has 1 aliphatic rings. The summed E-state index contributed by atoms with van der Waals surface area (Å²) in [6.07, 6.45) is 1.24. The summed E-state index contributed by atoms with van der Waals surface area (Å²) in [5.41, 5.74) is 2.58. The monoisotopic (exact) mass is 262 g/mol. The van der Waals surface area contributed by atoms with Crippen molar-refractivity contribution in [3.05, 3.63) is 35.4 Å². The molecule has 1 atom stereocenters. The summed E-state index contributed by atoms with van der Waals surface area (Å²) in [5, 5.41) is 4.66. The highest BCUT2D eigenvalue weighted by Crippen LogP contribution is 2.19. The number of nitrogens with one attached hydrogen (secondary N) is 1. The molecule has 2 nitrogen and oxygen atoms in total. The van der Waals surface area contributed by atoms with Gasteiger partial charge in [0.2, 0.25) is 0 Å². The van der Waals surface area contributed by atoms with Crippen molar-refractivity contribution in [2.45, 2.75) is 39.8 Å². The fourth-order valence-corrected chi connectivity index (χ4v) is 2.96. The van der Waals surface area contributed by atoms with Gasteiger partial charge in [0.1, 0.15) is 0 Å². The number of hydrogen-bond acceptors (Lipinski definition) is 2. The third kappa shape index (κ3) is 3.77. The van der Waals surface area contributed by atoms with Crippen molar-refractivity contribution >= 4 is 16.9 Å². The molecule has 1 aromatic carbocycles. The standard InChI is InChI=1S/C15H22N2S/c1-11(2)14-8-9-18-15(17-14)16-10-13-6-4-12(3)5-7-13/h4-7,11,14H,8-10H2,1-3H3,(H,16,17). The van der Waals surface area contributed by atoms with Crippen LogP contribution in [0.4, 0.5) is 0 Å². The number of amidine groups is 1. The minimum absolute atomic E-state index is 0.586. The minimum atomic E-state index is 0.586. The Morgan fingerprint density at radius 3 is 2.72 bits per heavy atom. The summed E-state index contributed by atoms with van der Waals surface area (Å²) in [4.78, 5) is 4.68. The first kappa shape index (κ1) is 13.5. The number of benzene rings is 1. The van der Waals surface area contributed by atoms with E-state index < -0.39 is 0 Å². The summed E-state index contributed by atoms with van der Waals surface area (Å²) < 4.78 is 0. The number of aliphatic imine (C=N–C) groups is 1. The van der Waals surface area contributed by atoms with Gasteiger partial charge >= 0.3 is 0 Å². The Kier molecular flexibility index (Phi) is 4.70. The van der Waals surface area contributed by atoms with Crippen LogP contribution in [0.3, 0.4) is 0 Å². The minimum Gasteiger partial charge on any atom is -0.362 e. The maximum Gasteiger partial charge on any atom is 0.157 e. The van der Waals surface area contributed by atoms with E-state index in [1.54, 1.807) is 0 Å². The normalized spacial score (nSPS) is 22.2. The average molecular weight is 262 g/mol. The van der Waals surface area contributed by atoms with E-state index in [0.29, 0.717) is 12.0 Å². The van der Waals surface area contributed by atoms with Crippen LogP contribution < -0.4 is 5.32 Å². The van der Waals surface area contributed by atoms with E-state index in [9.17, 15) is 0 Å². The lowest BCUT2D eigenvalue weighted by atomic mass is 10.0. The van der Waals surface area contributed by atoms with Gasteiger partial charge in [0.05, 0.1) is 6.54 Å². The van der Waals surface area contributed by atoms with Crippen molar-refractivity contribution in [2.75, 3.05) is 5.75 Å². The Morgan fingerprint density at radius 2 is 2.06 bits per heavy atom. The van der Waals surface area contributed by atoms with Crippen LogP contribution in [-0.2, 0) is 6.54 Å². The van der Waals surface area contributed by atoms with E-state index in [2.05, 4.69) is 55.3 Å². The zero-order valence-electron chi connectivity index (χ0n) is 11.4. The van der Waals surface area contributed by atoms with Gasteiger partial charge in [0, 0.05) is 11.8 Å². The Bertz CT molecular complexity index is 409. The molecule has 0 aliphatic carbocycles. The number of aryl methyl sites for hydroxylation is 1. The number of rotatable bonds is 3. The van der Waals surface area contributed by atoms with Gasteiger partial charge in [-0.3, -0.25) is 4.99 Å². The first-order valence-corrected chi connectivity index (χ1v) is 7.63. The summed E-state index contributed by atoms with van der Waals surface area (Å²) in [7, 11) is 0. The molecule has 1 fully saturated rings. The molecule has 0 saturated carbocycles. The van der Waals surface area contributed by atoms with Crippen LogP contribution in [0.5, 0.6) is 0 Å². The predicted octanol–water partition coefficient (Wildman–Crippen LogP) is 3.60. The van der Waals surface area contributed by atoms with Crippen molar-refractivity contribution < 1.29 is 0 Å². The van der Waals surface area contributed by atoms with Crippen LogP contribution >= 0.6 is 11.8 Å². The molecule has 1 saturated heterocycles. The quantitative estimate of drug-likeness (QED) is 0.900. The fourth-order valence-electron chi connectivity index (χ4n) is 2.00. The number of hydrogen-bond donors (Lipinski definition) is 1. The second-order valence-electron chi connectivity index (χ2n) is 5.24. The van der Waals surface area contributed by atoms with Crippen molar-refractivity contribution in [1.82, 2.24) is 5.32 Å². The molecule has 2 rings (SSSR count). The zero-order valence-corrected chi connectivity index (χ0v) is 12.3. The molecule has 98 valence electrons.